The van der Waals surface area contributed by atoms with Crippen molar-refractivity contribution in [2.45, 2.75) is 19.0 Å². The van der Waals surface area contributed by atoms with E-state index in [-0.39, 0.29) is 5.91 Å². The molecular weight excluding hydrogens is 318 g/mol. The van der Waals surface area contributed by atoms with Gasteiger partial charge in [0, 0.05) is 18.5 Å². The first-order valence-corrected chi connectivity index (χ1v) is 7.94. The van der Waals surface area contributed by atoms with Gasteiger partial charge in [0.05, 0.1) is 7.11 Å². The standard InChI is InChI=1S/C18H19N5O2/c1-25-17-10-6-5-9-15(17)12-19-18(24)16(23-13-20-21-22-23)11-14-7-3-2-4-8-14/h2-10,13,16H,11-12H2,1H3,(H,19,24)/t16-/m1/s1. The summed E-state index contributed by atoms with van der Waals surface area (Å²) >= 11 is 0. The molecule has 128 valence electrons. The van der Waals surface area contributed by atoms with Crippen molar-refractivity contribution in [2.75, 3.05) is 7.11 Å². The first-order chi connectivity index (χ1) is 12.3. The normalized spacial score (nSPS) is 11.7. The molecule has 1 amide bonds. The number of carbonyl (C=O) groups is 1. The first kappa shape index (κ1) is 16.6. The number of hydrogen-bond acceptors (Lipinski definition) is 5. The van der Waals surface area contributed by atoms with Gasteiger partial charge in [0.25, 0.3) is 0 Å². The molecule has 3 aromatic rings. The van der Waals surface area contributed by atoms with Crippen molar-refractivity contribution in [3.63, 3.8) is 0 Å². The monoisotopic (exact) mass is 337 g/mol. The summed E-state index contributed by atoms with van der Waals surface area (Å²) in [4.78, 5) is 12.8. The van der Waals surface area contributed by atoms with Crippen LogP contribution in [0.25, 0.3) is 0 Å². The van der Waals surface area contributed by atoms with Crippen LogP contribution in [-0.2, 0) is 17.8 Å². The predicted molar refractivity (Wildman–Crippen MR) is 91.8 cm³/mol. The second kappa shape index (κ2) is 8.05. The second-order valence-electron chi connectivity index (χ2n) is 5.53. The molecule has 2 aromatic carbocycles. The van der Waals surface area contributed by atoms with Gasteiger partial charge < -0.3 is 10.1 Å². The topological polar surface area (TPSA) is 81.9 Å². The van der Waals surface area contributed by atoms with E-state index in [4.69, 9.17) is 4.74 Å². The fraction of sp³-hybridized carbons (Fsp3) is 0.222. The summed E-state index contributed by atoms with van der Waals surface area (Å²) in [6, 6.07) is 16.8. The largest absolute Gasteiger partial charge is 0.496 e. The molecule has 0 unspecified atom stereocenters. The molecule has 25 heavy (non-hydrogen) atoms. The van der Waals surface area contributed by atoms with Crippen LogP contribution in [0.1, 0.15) is 17.2 Å². The maximum absolute atomic E-state index is 12.8. The van der Waals surface area contributed by atoms with E-state index in [1.165, 1.54) is 11.0 Å². The number of carbonyl (C=O) groups excluding carboxylic acids is 1. The van der Waals surface area contributed by atoms with Crippen molar-refractivity contribution >= 4 is 5.91 Å². The van der Waals surface area contributed by atoms with Crippen molar-refractivity contribution in [2.24, 2.45) is 0 Å². The zero-order chi connectivity index (χ0) is 17.5. The fourth-order valence-corrected chi connectivity index (χ4v) is 2.60. The number of para-hydroxylation sites is 1. The number of rotatable bonds is 7. The molecule has 1 heterocycles. The molecule has 1 N–H and O–H groups in total. The number of nitrogens with one attached hydrogen (secondary N) is 1. The highest BCUT2D eigenvalue weighted by Crippen LogP contribution is 2.18. The average Bonchev–Trinajstić information content (AvgIpc) is 3.19. The highest BCUT2D eigenvalue weighted by atomic mass is 16.5. The van der Waals surface area contributed by atoms with Crippen LogP contribution in [0.2, 0.25) is 0 Å². The zero-order valence-electron chi connectivity index (χ0n) is 13.9. The van der Waals surface area contributed by atoms with E-state index in [2.05, 4.69) is 20.8 Å². The Kier molecular flexibility index (Phi) is 5.36. The van der Waals surface area contributed by atoms with Gasteiger partial charge >= 0.3 is 0 Å². The van der Waals surface area contributed by atoms with Gasteiger partial charge in [-0.1, -0.05) is 48.5 Å². The van der Waals surface area contributed by atoms with Gasteiger partial charge in [-0.3, -0.25) is 4.79 Å². The Morgan fingerprint density at radius 2 is 1.92 bits per heavy atom. The van der Waals surface area contributed by atoms with Gasteiger partial charge in [-0.15, -0.1) is 5.10 Å². The molecular formula is C18H19N5O2. The Labute approximate surface area is 145 Å². The van der Waals surface area contributed by atoms with Crippen LogP contribution in [0.5, 0.6) is 5.75 Å². The van der Waals surface area contributed by atoms with Crippen molar-refractivity contribution in [3.8, 4) is 5.75 Å². The smallest absolute Gasteiger partial charge is 0.245 e. The summed E-state index contributed by atoms with van der Waals surface area (Å²) < 4.78 is 6.79. The van der Waals surface area contributed by atoms with Crippen LogP contribution in [0.15, 0.2) is 60.9 Å². The lowest BCUT2D eigenvalue weighted by Gasteiger charge is -2.17. The molecule has 0 fully saturated rings. The van der Waals surface area contributed by atoms with Crippen LogP contribution < -0.4 is 10.1 Å². The van der Waals surface area contributed by atoms with E-state index in [0.717, 1.165) is 16.9 Å². The van der Waals surface area contributed by atoms with Crippen molar-refractivity contribution in [1.82, 2.24) is 25.5 Å². The highest BCUT2D eigenvalue weighted by Gasteiger charge is 2.22. The summed E-state index contributed by atoms with van der Waals surface area (Å²) in [5.41, 5.74) is 1.95. The summed E-state index contributed by atoms with van der Waals surface area (Å²) in [5, 5.41) is 14.1. The quantitative estimate of drug-likeness (QED) is 0.711. The number of hydrogen-bond donors (Lipinski definition) is 1. The summed E-state index contributed by atoms with van der Waals surface area (Å²) in [6.07, 6.45) is 1.96. The summed E-state index contributed by atoms with van der Waals surface area (Å²) in [5.74, 6) is 0.590. The molecule has 0 radical (unpaired) electrons. The number of methoxy groups -OCH3 is 1. The SMILES string of the molecule is COc1ccccc1CNC(=O)[C@@H](Cc1ccccc1)n1cnnn1. The van der Waals surface area contributed by atoms with Crippen molar-refractivity contribution in [3.05, 3.63) is 72.1 Å². The van der Waals surface area contributed by atoms with Gasteiger partial charge in [0.2, 0.25) is 5.91 Å². The van der Waals surface area contributed by atoms with Gasteiger partial charge in [-0.2, -0.15) is 0 Å². The molecule has 1 atom stereocenters. The van der Waals surface area contributed by atoms with Gasteiger partial charge in [0.15, 0.2) is 0 Å². The number of amides is 1. The molecule has 0 aliphatic heterocycles. The van der Waals surface area contributed by atoms with E-state index in [0.29, 0.717) is 13.0 Å². The second-order valence-corrected chi connectivity index (χ2v) is 5.53. The van der Waals surface area contributed by atoms with Crippen LogP contribution in [0, 0.1) is 0 Å². The molecule has 7 nitrogen and oxygen atoms in total. The lowest BCUT2D eigenvalue weighted by molar-refractivity contribution is -0.124. The number of benzene rings is 2. The Hall–Kier alpha value is -3.22. The maximum Gasteiger partial charge on any atom is 0.245 e. The fourth-order valence-electron chi connectivity index (χ4n) is 2.60. The molecule has 0 aliphatic rings. The molecule has 7 heteroatoms. The number of tetrazole rings is 1. The zero-order valence-corrected chi connectivity index (χ0v) is 13.9. The van der Waals surface area contributed by atoms with E-state index < -0.39 is 6.04 Å². The lowest BCUT2D eigenvalue weighted by atomic mass is 10.1. The van der Waals surface area contributed by atoms with Crippen LogP contribution in [0.4, 0.5) is 0 Å². The average molecular weight is 337 g/mol. The molecule has 3 rings (SSSR count). The molecule has 0 saturated heterocycles. The minimum Gasteiger partial charge on any atom is -0.496 e. The molecule has 0 saturated carbocycles. The highest BCUT2D eigenvalue weighted by molar-refractivity contribution is 5.80. The van der Waals surface area contributed by atoms with E-state index in [1.54, 1.807) is 7.11 Å². The number of ether oxygens (including phenoxy) is 1. The third kappa shape index (κ3) is 4.20. The Morgan fingerprint density at radius 3 is 2.64 bits per heavy atom. The molecule has 0 aliphatic carbocycles. The van der Waals surface area contributed by atoms with E-state index in [9.17, 15) is 4.79 Å². The minimum atomic E-state index is -0.521. The van der Waals surface area contributed by atoms with Crippen molar-refractivity contribution < 1.29 is 9.53 Å². The van der Waals surface area contributed by atoms with E-state index >= 15 is 0 Å². The third-order valence-corrected chi connectivity index (χ3v) is 3.90. The number of nitrogens with zero attached hydrogens (tertiary/aromatic N) is 4. The Bertz CT molecular complexity index is 805. The van der Waals surface area contributed by atoms with Gasteiger partial charge in [-0.05, 0) is 22.1 Å². The molecule has 0 bridgehead atoms. The van der Waals surface area contributed by atoms with Crippen LogP contribution in [-0.4, -0.2) is 33.2 Å². The van der Waals surface area contributed by atoms with Gasteiger partial charge in [0.1, 0.15) is 18.1 Å². The minimum absolute atomic E-state index is 0.151. The van der Waals surface area contributed by atoms with Crippen molar-refractivity contribution in [1.29, 1.82) is 0 Å². The third-order valence-electron chi connectivity index (χ3n) is 3.90. The van der Waals surface area contributed by atoms with Crippen LogP contribution in [0.3, 0.4) is 0 Å². The molecule has 0 spiro atoms. The lowest BCUT2D eigenvalue weighted by Crippen LogP contribution is -2.34. The van der Waals surface area contributed by atoms with E-state index in [1.807, 2.05) is 54.6 Å². The number of aromatic nitrogens is 4. The van der Waals surface area contributed by atoms with Crippen LogP contribution >= 0.6 is 0 Å². The summed E-state index contributed by atoms with van der Waals surface area (Å²) in [6.45, 7) is 0.371. The Morgan fingerprint density at radius 1 is 1.16 bits per heavy atom. The summed E-state index contributed by atoms with van der Waals surface area (Å²) in [7, 11) is 1.61. The first-order valence-electron chi connectivity index (χ1n) is 7.94. The molecule has 1 aromatic heterocycles. The maximum atomic E-state index is 12.8. The Balaban J connectivity index is 1.73. The van der Waals surface area contributed by atoms with Gasteiger partial charge in [-0.25, -0.2) is 4.68 Å². The predicted octanol–water partition coefficient (Wildman–Crippen LogP) is 1.78.